The van der Waals surface area contributed by atoms with Crippen LogP contribution in [0, 0.1) is 0 Å². The van der Waals surface area contributed by atoms with E-state index in [2.05, 4.69) is 16.3 Å². The number of hydrogen-bond donors (Lipinski definition) is 1. The fourth-order valence-corrected chi connectivity index (χ4v) is 3.28. The molecule has 0 bridgehead atoms. The van der Waals surface area contributed by atoms with Gasteiger partial charge in [0.2, 0.25) is 0 Å². The molecule has 0 saturated heterocycles. The molecule has 0 spiro atoms. The maximum Gasteiger partial charge on any atom is 0.416 e. The third-order valence-corrected chi connectivity index (χ3v) is 4.60. The summed E-state index contributed by atoms with van der Waals surface area (Å²) in [5.41, 5.74) is 3.32. The number of nitrogens with zero attached hydrogens (tertiary/aromatic N) is 1. The standard InChI is InChI=1S/C21H17F3N2/c22-21(23,24)17-12-10-15(11-13-17)20-25-19-9-5-4-6-16(19)14-26(20)18-7-2-1-3-8-18/h1-13,20,25H,14H2. The average molecular weight is 354 g/mol. The molecule has 26 heavy (non-hydrogen) atoms. The summed E-state index contributed by atoms with van der Waals surface area (Å²) in [7, 11) is 0. The lowest BCUT2D eigenvalue weighted by molar-refractivity contribution is -0.137. The largest absolute Gasteiger partial charge is 0.416 e. The monoisotopic (exact) mass is 354 g/mol. The molecule has 0 aliphatic carbocycles. The van der Waals surface area contributed by atoms with Crippen molar-refractivity contribution in [3.63, 3.8) is 0 Å². The quantitative estimate of drug-likeness (QED) is 0.622. The maximum absolute atomic E-state index is 12.9. The van der Waals surface area contributed by atoms with E-state index in [9.17, 15) is 13.2 Å². The first-order valence-electron chi connectivity index (χ1n) is 8.36. The maximum atomic E-state index is 12.9. The van der Waals surface area contributed by atoms with Crippen LogP contribution in [0.4, 0.5) is 24.5 Å². The van der Waals surface area contributed by atoms with Crippen molar-refractivity contribution in [2.75, 3.05) is 10.2 Å². The molecule has 1 aliphatic heterocycles. The highest BCUT2D eigenvalue weighted by atomic mass is 19.4. The van der Waals surface area contributed by atoms with Crippen LogP contribution in [0.15, 0.2) is 78.9 Å². The number of para-hydroxylation sites is 2. The van der Waals surface area contributed by atoms with Crippen LogP contribution in [0.1, 0.15) is 22.9 Å². The molecule has 1 atom stereocenters. The summed E-state index contributed by atoms with van der Waals surface area (Å²) in [6.45, 7) is 0.679. The molecule has 4 rings (SSSR count). The third-order valence-electron chi connectivity index (χ3n) is 4.60. The van der Waals surface area contributed by atoms with Gasteiger partial charge in [-0.15, -0.1) is 0 Å². The van der Waals surface area contributed by atoms with Crippen LogP contribution < -0.4 is 10.2 Å². The van der Waals surface area contributed by atoms with Crippen LogP contribution in [-0.2, 0) is 12.7 Å². The van der Waals surface area contributed by atoms with Gasteiger partial charge in [-0.25, -0.2) is 0 Å². The van der Waals surface area contributed by atoms with Crippen LogP contribution in [-0.4, -0.2) is 0 Å². The summed E-state index contributed by atoms with van der Waals surface area (Å²) >= 11 is 0. The minimum atomic E-state index is -4.33. The summed E-state index contributed by atoms with van der Waals surface area (Å²) in [6, 6.07) is 23.2. The summed E-state index contributed by atoms with van der Waals surface area (Å²) in [6.07, 6.45) is -4.57. The molecule has 3 aromatic carbocycles. The fraction of sp³-hybridized carbons (Fsp3) is 0.143. The SMILES string of the molecule is FC(F)(F)c1ccc(C2Nc3ccccc3CN2c2ccccc2)cc1. The van der Waals surface area contributed by atoms with Gasteiger partial charge in [-0.05, 0) is 41.5 Å². The Morgan fingerprint density at radius 3 is 2.15 bits per heavy atom. The number of nitrogens with one attached hydrogen (secondary N) is 1. The molecule has 3 aromatic rings. The smallest absolute Gasteiger partial charge is 0.361 e. The van der Waals surface area contributed by atoms with Crippen molar-refractivity contribution in [2.45, 2.75) is 18.9 Å². The van der Waals surface area contributed by atoms with Gasteiger partial charge in [0.15, 0.2) is 0 Å². The molecule has 1 heterocycles. The van der Waals surface area contributed by atoms with E-state index in [0.717, 1.165) is 34.6 Å². The lowest BCUT2D eigenvalue weighted by Crippen LogP contribution is -2.37. The van der Waals surface area contributed by atoms with Gasteiger partial charge in [0.05, 0.1) is 5.56 Å². The molecule has 132 valence electrons. The zero-order valence-electron chi connectivity index (χ0n) is 13.9. The number of hydrogen-bond acceptors (Lipinski definition) is 2. The Hall–Kier alpha value is -2.95. The van der Waals surface area contributed by atoms with E-state index in [0.29, 0.717) is 6.54 Å². The van der Waals surface area contributed by atoms with E-state index < -0.39 is 11.7 Å². The molecular weight excluding hydrogens is 337 g/mol. The number of halogens is 3. The Bertz CT molecular complexity index is 889. The summed E-state index contributed by atoms with van der Waals surface area (Å²) in [5, 5.41) is 3.46. The molecule has 0 aromatic heterocycles. The predicted molar refractivity (Wildman–Crippen MR) is 96.9 cm³/mol. The summed E-state index contributed by atoms with van der Waals surface area (Å²) < 4.78 is 38.6. The highest BCUT2D eigenvalue weighted by molar-refractivity contribution is 5.62. The second-order valence-corrected chi connectivity index (χ2v) is 6.29. The lowest BCUT2D eigenvalue weighted by atomic mass is 10.0. The van der Waals surface area contributed by atoms with Gasteiger partial charge >= 0.3 is 6.18 Å². The van der Waals surface area contributed by atoms with E-state index in [1.165, 1.54) is 0 Å². The van der Waals surface area contributed by atoms with Crippen LogP contribution in [0.3, 0.4) is 0 Å². The first kappa shape index (κ1) is 16.5. The van der Waals surface area contributed by atoms with Gasteiger partial charge in [0, 0.05) is 17.9 Å². The Morgan fingerprint density at radius 2 is 1.46 bits per heavy atom. The van der Waals surface area contributed by atoms with Gasteiger partial charge in [-0.2, -0.15) is 13.2 Å². The molecular formula is C21H17F3N2. The second-order valence-electron chi connectivity index (χ2n) is 6.29. The lowest BCUT2D eigenvalue weighted by Gasteiger charge is -2.40. The average Bonchev–Trinajstić information content (AvgIpc) is 2.67. The zero-order valence-corrected chi connectivity index (χ0v) is 13.9. The van der Waals surface area contributed by atoms with E-state index in [4.69, 9.17) is 0 Å². The van der Waals surface area contributed by atoms with Crippen molar-refractivity contribution in [3.05, 3.63) is 95.6 Å². The Labute approximate surface area is 149 Å². The van der Waals surface area contributed by atoms with Crippen molar-refractivity contribution in [1.82, 2.24) is 0 Å². The van der Waals surface area contributed by atoms with Crippen molar-refractivity contribution in [1.29, 1.82) is 0 Å². The summed E-state index contributed by atoms with van der Waals surface area (Å²) in [5.74, 6) is 0. The van der Waals surface area contributed by atoms with E-state index in [1.54, 1.807) is 12.1 Å². The molecule has 0 fully saturated rings. The Morgan fingerprint density at radius 1 is 0.808 bits per heavy atom. The third kappa shape index (κ3) is 3.12. The zero-order chi connectivity index (χ0) is 18.1. The van der Waals surface area contributed by atoms with Gasteiger partial charge in [-0.1, -0.05) is 48.5 Å². The topological polar surface area (TPSA) is 15.3 Å². The Kier molecular flexibility index (Phi) is 4.07. The molecule has 0 saturated carbocycles. The highest BCUT2D eigenvalue weighted by Gasteiger charge is 2.31. The number of benzene rings is 3. The van der Waals surface area contributed by atoms with Crippen LogP contribution in [0.25, 0.3) is 0 Å². The van der Waals surface area contributed by atoms with Crippen molar-refractivity contribution >= 4 is 11.4 Å². The van der Waals surface area contributed by atoms with Gasteiger partial charge in [0.25, 0.3) is 0 Å². The molecule has 1 unspecified atom stereocenters. The fourth-order valence-electron chi connectivity index (χ4n) is 3.28. The normalized spacial score (nSPS) is 16.7. The molecule has 1 aliphatic rings. The van der Waals surface area contributed by atoms with Crippen LogP contribution in [0.5, 0.6) is 0 Å². The molecule has 1 N–H and O–H groups in total. The highest BCUT2D eigenvalue weighted by Crippen LogP contribution is 2.37. The molecule has 2 nitrogen and oxygen atoms in total. The minimum Gasteiger partial charge on any atom is -0.361 e. The van der Waals surface area contributed by atoms with Crippen molar-refractivity contribution < 1.29 is 13.2 Å². The van der Waals surface area contributed by atoms with E-state index in [-0.39, 0.29) is 6.17 Å². The van der Waals surface area contributed by atoms with E-state index >= 15 is 0 Å². The van der Waals surface area contributed by atoms with Crippen LogP contribution >= 0.6 is 0 Å². The molecule has 5 heteroatoms. The van der Waals surface area contributed by atoms with Gasteiger partial charge < -0.3 is 10.2 Å². The van der Waals surface area contributed by atoms with Gasteiger partial charge in [0.1, 0.15) is 6.17 Å². The number of anilines is 2. The Balaban J connectivity index is 1.74. The van der Waals surface area contributed by atoms with E-state index in [1.807, 2.05) is 48.5 Å². The molecule has 0 amide bonds. The first-order valence-corrected chi connectivity index (χ1v) is 8.36. The first-order chi connectivity index (χ1) is 12.5. The van der Waals surface area contributed by atoms with Gasteiger partial charge in [-0.3, -0.25) is 0 Å². The number of fused-ring (bicyclic) bond motifs is 1. The summed E-state index contributed by atoms with van der Waals surface area (Å²) in [4.78, 5) is 2.16. The van der Waals surface area contributed by atoms with Crippen molar-refractivity contribution in [3.8, 4) is 0 Å². The number of rotatable bonds is 2. The second kappa shape index (κ2) is 6.41. The van der Waals surface area contributed by atoms with Crippen LogP contribution in [0.2, 0.25) is 0 Å². The minimum absolute atomic E-state index is 0.241. The predicted octanol–water partition coefficient (Wildman–Crippen LogP) is 5.84. The number of alkyl halides is 3. The van der Waals surface area contributed by atoms with Crippen molar-refractivity contribution in [2.24, 2.45) is 0 Å². The molecule has 0 radical (unpaired) electrons.